The summed E-state index contributed by atoms with van der Waals surface area (Å²) >= 11 is 0. The van der Waals surface area contributed by atoms with Gasteiger partial charge in [-0.15, -0.1) is 0 Å². The Balaban J connectivity index is 0. The summed E-state index contributed by atoms with van der Waals surface area (Å²) in [5, 5.41) is 0. The van der Waals surface area contributed by atoms with Crippen molar-refractivity contribution in [2.24, 2.45) is 4.99 Å². The molecule has 0 unspecified atom stereocenters. The zero-order valence-corrected chi connectivity index (χ0v) is 6.94. The van der Waals surface area contributed by atoms with Crippen LogP contribution >= 0.6 is 0 Å². The molecule has 0 aliphatic heterocycles. The Kier molecular flexibility index (Phi) is 13.0. The van der Waals surface area contributed by atoms with E-state index in [-0.39, 0.29) is 0 Å². The quantitative estimate of drug-likeness (QED) is 0.480. The number of rotatable bonds is 1. The standard InChI is InChI=1S/C5H9N.C3H8/c1-5(2)4-6-3;1-3-2/h4H,1H2,2-3H3;3H2,1-2H3. The second-order valence-electron chi connectivity index (χ2n) is 1.94. The van der Waals surface area contributed by atoms with Gasteiger partial charge >= 0.3 is 0 Å². The van der Waals surface area contributed by atoms with Gasteiger partial charge in [-0.3, -0.25) is 4.99 Å². The largest absolute Gasteiger partial charge is 0.296 e. The zero-order chi connectivity index (χ0) is 7.70. The molecule has 1 nitrogen and oxygen atoms in total. The average Bonchev–Trinajstić information content (AvgIpc) is 1.67. The minimum absolute atomic E-state index is 0.998. The molecule has 0 aliphatic carbocycles. The average molecular weight is 127 g/mol. The van der Waals surface area contributed by atoms with Crippen LogP contribution in [0.4, 0.5) is 0 Å². The van der Waals surface area contributed by atoms with Crippen LogP contribution in [0.5, 0.6) is 0 Å². The molecule has 0 aromatic carbocycles. The van der Waals surface area contributed by atoms with Gasteiger partial charge < -0.3 is 0 Å². The van der Waals surface area contributed by atoms with Crippen LogP contribution < -0.4 is 0 Å². The number of nitrogens with zero attached hydrogens (tertiary/aromatic N) is 1. The first kappa shape index (κ1) is 11.2. The highest BCUT2D eigenvalue weighted by molar-refractivity contribution is 5.76. The van der Waals surface area contributed by atoms with E-state index in [9.17, 15) is 0 Å². The number of hydrogen-bond donors (Lipinski definition) is 0. The lowest BCUT2D eigenvalue weighted by atomic mass is 10.4. The summed E-state index contributed by atoms with van der Waals surface area (Å²) in [6.07, 6.45) is 2.97. The number of hydrogen-bond acceptors (Lipinski definition) is 1. The summed E-state index contributed by atoms with van der Waals surface area (Å²) in [5.41, 5.74) is 0.998. The second-order valence-corrected chi connectivity index (χ2v) is 1.94. The van der Waals surface area contributed by atoms with Gasteiger partial charge in [0.2, 0.25) is 0 Å². The molecule has 0 amide bonds. The zero-order valence-electron chi connectivity index (χ0n) is 6.94. The van der Waals surface area contributed by atoms with Gasteiger partial charge in [-0.05, 0) is 12.5 Å². The molecule has 0 radical (unpaired) electrons. The monoisotopic (exact) mass is 127 g/mol. The Hall–Kier alpha value is -0.590. The van der Waals surface area contributed by atoms with Crippen molar-refractivity contribution in [3.05, 3.63) is 12.2 Å². The van der Waals surface area contributed by atoms with Gasteiger partial charge in [0, 0.05) is 13.3 Å². The van der Waals surface area contributed by atoms with Crippen LogP contribution in [0, 0.1) is 0 Å². The summed E-state index contributed by atoms with van der Waals surface area (Å²) in [6.45, 7) is 9.76. The molecule has 0 aromatic heterocycles. The molecule has 0 fully saturated rings. The highest BCUT2D eigenvalue weighted by Crippen LogP contribution is 1.75. The van der Waals surface area contributed by atoms with E-state index in [4.69, 9.17) is 0 Å². The molecule has 0 aliphatic rings. The fraction of sp³-hybridized carbons (Fsp3) is 0.625. The third kappa shape index (κ3) is 37.3. The van der Waals surface area contributed by atoms with Crippen molar-refractivity contribution in [2.45, 2.75) is 27.2 Å². The van der Waals surface area contributed by atoms with E-state index in [1.165, 1.54) is 6.42 Å². The van der Waals surface area contributed by atoms with Crippen molar-refractivity contribution in [2.75, 3.05) is 7.05 Å². The van der Waals surface area contributed by atoms with Gasteiger partial charge in [0.1, 0.15) is 0 Å². The molecule has 0 bridgehead atoms. The fourth-order valence-electron chi connectivity index (χ4n) is 0.220. The van der Waals surface area contributed by atoms with E-state index in [0.717, 1.165) is 5.57 Å². The van der Waals surface area contributed by atoms with Crippen molar-refractivity contribution in [1.29, 1.82) is 0 Å². The molecule has 0 aromatic rings. The first-order valence-corrected chi connectivity index (χ1v) is 3.26. The number of allylic oxidation sites excluding steroid dienone is 1. The smallest absolute Gasteiger partial charge is 0.0277 e. The first-order chi connectivity index (χ1) is 4.18. The minimum atomic E-state index is 0.998. The Morgan fingerprint density at radius 1 is 1.56 bits per heavy atom. The van der Waals surface area contributed by atoms with Crippen LogP contribution in [-0.2, 0) is 0 Å². The van der Waals surface area contributed by atoms with Gasteiger partial charge in [-0.25, -0.2) is 0 Å². The lowest BCUT2D eigenvalue weighted by Crippen LogP contribution is -1.68. The molecule has 0 atom stereocenters. The molecule has 54 valence electrons. The third-order valence-electron chi connectivity index (χ3n) is 0.349. The highest BCUT2D eigenvalue weighted by Gasteiger charge is 1.65. The SMILES string of the molecule is C=C(C)C=NC.CCC. The van der Waals surface area contributed by atoms with Gasteiger partial charge in [-0.1, -0.05) is 26.8 Å². The third-order valence-corrected chi connectivity index (χ3v) is 0.349. The van der Waals surface area contributed by atoms with E-state index in [0.29, 0.717) is 0 Å². The maximum absolute atomic E-state index is 3.71. The summed E-state index contributed by atoms with van der Waals surface area (Å²) in [7, 11) is 1.73. The van der Waals surface area contributed by atoms with Gasteiger partial charge in [0.05, 0.1) is 0 Å². The van der Waals surface area contributed by atoms with Crippen molar-refractivity contribution in [3.63, 3.8) is 0 Å². The van der Waals surface area contributed by atoms with Crippen LogP contribution in [0.15, 0.2) is 17.1 Å². The Bertz CT molecular complexity index is 82.6. The van der Waals surface area contributed by atoms with Gasteiger partial charge in [0.15, 0.2) is 0 Å². The van der Waals surface area contributed by atoms with Crippen molar-refractivity contribution < 1.29 is 0 Å². The second kappa shape index (κ2) is 10.4. The molecule has 0 saturated carbocycles. The number of aliphatic imine (C=N–C) groups is 1. The molecular formula is C8H17N. The summed E-state index contributed by atoms with van der Waals surface area (Å²) in [5.74, 6) is 0. The van der Waals surface area contributed by atoms with Crippen LogP contribution in [0.2, 0.25) is 0 Å². The van der Waals surface area contributed by atoms with E-state index >= 15 is 0 Å². The molecule has 0 rings (SSSR count). The lowest BCUT2D eigenvalue weighted by Gasteiger charge is -1.75. The van der Waals surface area contributed by atoms with Crippen LogP contribution in [-0.4, -0.2) is 13.3 Å². The summed E-state index contributed by atoms with van der Waals surface area (Å²) in [4.78, 5) is 3.71. The highest BCUT2D eigenvalue weighted by atomic mass is 14.6. The van der Waals surface area contributed by atoms with Crippen LogP contribution in [0.25, 0.3) is 0 Å². The Morgan fingerprint density at radius 2 is 1.89 bits per heavy atom. The fourth-order valence-corrected chi connectivity index (χ4v) is 0.220. The molecule has 0 spiro atoms. The Labute approximate surface area is 58.5 Å². The molecular weight excluding hydrogens is 110 g/mol. The van der Waals surface area contributed by atoms with Crippen molar-refractivity contribution in [3.8, 4) is 0 Å². The topological polar surface area (TPSA) is 12.4 Å². The summed E-state index contributed by atoms with van der Waals surface area (Å²) in [6, 6.07) is 0. The maximum Gasteiger partial charge on any atom is 0.0277 e. The predicted octanol–water partition coefficient (Wildman–Crippen LogP) is 2.68. The van der Waals surface area contributed by atoms with Gasteiger partial charge in [-0.2, -0.15) is 0 Å². The molecule has 1 heteroatoms. The van der Waals surface area contributed by atoms with E-state index in [1.807, 2.05) is 6.92 Å². The predicted molar refractivity (Wildman–Crippen MR) is 45.2 cm³/mol. The molecule has 0 heterocycles. The molecule has 0 saturated heterocycles. The van der Waals surface area contributed by atoms with Crippen molar-refractivity contribution in [1.82, 2.24) is 0 Å². The van der Waals surface area contributed by atoms with Crippen molar-refractivity contribution >= 4 is 6.21 Å². The lowest BCUT2D eigenvalue weighted by molar-refractivity contribution is 1.09. The summed E-state index contributed by atoms with van der Waals surface area (Å²) < 4.78 is 0. The molecule has 9 heavy (non-hydrogen) atoms. The van der Waals surface area contributed by atoms with E-state index in [1.54, 1.807) is 13.3 Å². The maximum atomic E-state index is 3.71. The first-order valence-electron chi connectivity index (χ1n) is 3.26. The van der Waals surface area contributed by atoms with Gasteiger partial charge in [0.25, 0.3) is 0 Å². The van der Waals surface area contributed by atoms with Crippen LogP contribution in [0.1, 0.15) is 27.2 Å². The Morgan fingerprint density at radius 3 is 1.89 bits per heavy atom. The molecule has 0 N–H and O–H groups in total. The van der Waals surface area contributed by atoms with Crippen LogP contribution in [0.3, 0.4) is 0 Å². The minimum Gasteiger partial charge on any atom is -0.296 e. The van der Waals surface area contributed by atoms with E-state index in [2.05, 4.69) is 25.4 Å². The normalized spacial score (nSPS) is 8.44. The van der Waals surface area contributed by atoms with E-state index < -0.39 is 0 Å².